The van der Waals surface area contributed by atoms with Gasteiger partial charge >= 0.3 is 5.97 Å². The molecule has 0 N–H and O–H groups in total. The third kappa shape index (κ3) is 8.60. The molecule has 0 spiro atoms. The number of rotatable bonds is 0. The number of hydrogen-bond acceptors (Lipinski definition) is 2. The van der Waals surface area contributed by atoms with Gasteiger partial charge in [0, 0.05) is 6.42 Å². The highest BCUT2D eigenvalue weighted by atomic mass is 16.5. The summed E-state index contributed by atoms with van der Waals surface area (Å²) >= 11 is 0. The van der Waals surface area contributed by atoms with Crippen LogP contribution in [0.2, 0.25) is 0 Å². The summed E-state index contributed by atoms with van der Waals surface area (Å²) < 4.78 is 5.26. The number of esters is 1. The van der Waals surface area contributed by atoms with Crippen molar-refractivity contribution in [3.8, 4) is 0 Å². The molecule has 1 heterocycles. The Hall–Kier alpha value is -0.530. The number of carbonyl (C=O) groups is 1. The van der Waals surface area contributed by atoms with Crippen LogP contribution >= 0.6 is 0 Å². The van der Waals surface area contributed by atoms with Gasteiger partial charge in [-0.05, 0) is 24.7 Å². The minimum Gasteiger partial charge on any atom is -0.466 e. The monoisotopic (exact) mass is 282 g/mol. The van der Waals surface area contributed by atoms with Gasteiger partial charge in [-0.2, -0.15) is 0 Å². The first-order chi connectivity index (χ1) is 9.70. The van der Waals surface area contributed by atoms with Crippen LogP contribution in [0.5, 0.6) is 0 Å². The quantitative estimate of drug-likeness (QED) is 0.549. The molecular formula is C18H34O2. The molecule has 2 atom stereocenters. The second-order valence-electron chi connectivity index (χ2n) is 6.68. The van der Waals surface area contributed by atoms with Crippen LogP contribution in [0.3, 0.4) is 0 Å². The summed E-state index contributed by atoms with van der Waals surface area (Å²) in [7, 11) is 0. The summed E-state index contributed by atoms with van der Waals surface area (Å²) in [6.07, 6.45) is 14.4. The van der Waals surface area contributed by atoms with E-state index in [1.54, 1.807) is 0 Å². The number of hydrogen-bond donors (Lipinski definition) is 0. The zero-order valence-electron chi connectivity index (χ0n) is 13.7. The first-order valence-electron chi connectivity index (χ1n) is 8.86. The van der Waals surface area contributed by atoms with Crippen molar-refractivity contribution in [1.29, 1.82) is 0 Å². The summed E-state index contributed by atoms with van der Waals surface area (Å²) in [6, 6.07) is 0. The fraction of sp³-hybridized carbons (Fsp3) is 0.944. The highest BCUT2D eigenvalue weighted by Crippen LogP contribution is 2.24. The van der Waals surface area contributed by atoms with Crippen molar-refractivity contribution in [3.63, 3.8) is 0 Å². The predicted octanol–water partition coefficient (Wildman–Crippen LogP) is 5.50. The van der Waals surface area contributed by atoms with Crippen LogP contribution in [0, 0.1) is 11.8 Å². The molecule has 1 rings (SSSR count). The van der Waals surface area contributed by atoms with Crippen molar-refractivity contribution < 1.29 is 9.53 Å². The molecule has 0 bridgehead atoms. The molecular weight excluding hydrogens is 248 g/mol. The van der Waals surface area contributed by atoms with Crippen molar-refractivity contribution in [2.75, 3.05) is 6.61 Å². The van der Waals surface area contributed by atoms with E-state index in [0.29, 0.717) is 13.0 Å². The van der Waals surface area contributed by atoms with E-state index in [2.05, 4.69) is 13.8 Å². The summed E-state index contributed by atoms with van der Waals surface area (Å²) in [5.41, 5.74) is 0. The Labute approximate surface area is 125 Å². The molecule has 0 aromatic rings. The second kappa shape index (κ2) is 11.2. The number of carbonyl (C=O) groups excluding carboxylic acids is 1. The topological polar surface area (TPSA) is 26.3 Å². The Bertz CT molecular complexity index is 250. The third-order valence-corrected chi connectivity index (χ3v) is 4.83. The zero-order chi connectivity index (χ0) is 14.6. The van der Waals surface area contributed by atoms with Gasteiger partial charge in [0.2, 0.25) is 0 Å². The summed E-state index contributed by atoms with van der Waals surface area (Å²) in [4.78, 5) is 11.5. The molecule has 0 amide bonds. The lowest BCUT2D eigenvalue weighted by Crippen LogP contribution is -2.08. The smallest absolute Gasteiger partial charge is 0.305 e. The molecule has 1 saturated heterocycles. The summed E-state index contributed by atoms with van der Waals surface area (Å²) in [5.74, 6) is 1.74. The molecule has 0 aliphatic carbocycles. The second-order valence-corrected chi connectivity index (χ2v) is 6.68. The van der Waals surface area contributed by atoms with Crippen LogP contribution in [0.25, 0.3) is 0 Å². The number of ether oxygens (including phenoxy) is 1. The standard InChI is InChI=1S/C18H34O2/c1-16-12-8-4-3-7-11-15-20-18(19)14-10-6-5-9-13-17(16)2/h16-17H,3-15H2,1-2H3. The van der Waals surface area contributed by atoms with Gasteiger partial charge in [0.1, 0.15) is 0 Å². The van der Waals surface area contributed by atoms with Gasteiger partial charge in [-0.3, -0.25) is 4.79 Å². The lowest BCUT2D eigenvalue weighted by Gasteiger charge is -2.19. The maximum absolute atomic E-state index is 11.5. The van der Waals surface area contributed by atoms with Crippen molar-refractivity contribution in [2.24, 2.45) is 11.8 Å². The fourth-order valence-electron chi connectivity index (χ4n) is 3.02. The minimum absolute atomic E-state index is 0.0105. The van der Waals surface area contributed by atoms with Crippen LogP contribution in [0.4, 0.5) is 0 Å². The van der Waals surface area contributed by atoms with E-state index in [1.807, 2.05) is 0 Å². The minimum atomic E-state index is 0.0105. The molecule has 2 heteroatoms. The van der Waals surface area contributed by atoms with E-state index in [9.17, 15) is 4.79 Å². The van der Waals surface area contributed by atoms with Crippen LogP contribution in [0.15, 0.2) is 0 Å². The average molecular weight is 282 g/mol. The molecule has 0 aromatic heterocycles. The Morgan fingerprint density at radius 2 is 1.25 bits per heavy atom. The largest absolute Gasteiger partial charge is 0.466 e. The van der Waals surface area contributed by atoms with Gasteiger partial charge in [0.25, 0.3) is 0 Å². The van der Waals surface area contributed by atoms with Gasteiger partial charge < -0.3 is 4.74 Å². The van der Waals surface area contributed by atoms with Gasteiger partial charge in [-0.15, -0.1) is 0 Å². The van der Waals surface area contributed by atoms with Gasteiger partial charge in [0.05, 0.1) is 6.61 Å². The third-order valence-electron chi connectivity index (χ3n) is 4.83. The Balaban J connectivity index is 2.28. The van der Waals surface area contributed by atoms with E-state index in [-0.39, 0.29) is 5.97 Å². The normalized spacial score (nSPS) is 29.4. The molecule has 118 valence electrons. The van der Waals surface area contributed by atoms with Gasteiger partial charge in [-0.1, -0.05) is 71.6 Å². The SMILES string of the molecule is CC1CCCCCCCOC(=O)CCCCCCC1C. The first kappa shape index (κ1) is 17.5. The maximum atomic E-state index is 11.5. The lowest BCUT2D eigenvalue weighted by molar-refractivity contribution is -0.143. The van der Waals surface area contributed by atoms with E-state index in [0.717, 1.165) is 24.7 Å². The summed E-state index contributed by atoms with van der Waals surface area (Å²) in [5, 5.41) is 0. The van der Waals surface area contributed by atoms with E-state index >= 15 is 0 Å². The average Bonchev–Trinajstić information content (AvgIpc) is 2.44. The molecule has 0 aromatic carbocycles. The van der Waals surface area contributed by atoms with Crippen molar-refractivity contribution in [3.05, 3.63) is 0 Å². The first-order valence-corrected chi connectivity index (χ1v) is 8.86. The predicted molar refractivity (Wildman–Crippen MR) is 84.7 cm³/mol. The van der Waals surface area contributed by atoms with E-state index in [4.69, 9.17) is 4.74 Å². The maximum Gasteiger partial charge on any atom is 0.305 e. The molecule has 1 fully saturated rings. The van der Waals surface area contributed by atoms with E-state index in [1.165, 1.54) is 57.8 Å². The molecule has 2 nitrogen and oxygen atoms in total. The van der Waals surface area contributed by atoms with Crippen LogP contribution < -0.4 is 0 Å². The Morgan fingerprint density at radius 3 is 1.90 bits per heavy atom. The highest BCUT2D eigenvalue weighted by Gasteiger charge is 2.12. The molecule has 0 saturated carbocycles. The van der Waals surface area contributed by atoms with Gasteiger partial charge in [0.15, 0.2) is 0 Å². The highest BCUT2D eigenvalue weighted by molar-refractivity contribution is 5.69. The van der Waals surface area contributed by atoms with Gasteiger partial charge in [-0.25, -0.2) is 0 Å². The fourth-order valence-corrected chi connectivity index (χ4v) is 3.02. The van der Waals surface area contributed by atoms with Crippen molar-refractivity contribution in [2.45, 2.75) is 90.9 Å². The van der Waals surface area contributed by atoms with Crippen LogP contribution in [-0.4, -0.2) is 12.6 Å². The molecule has 0 radical (unpaired) electrons. The Kier molecular flexibility index (Phi) is 9.78. The van der Waals surface area contributed by atoms with E-state index < -0.39 is 0 Å². The molecule has 20 heavy (non-hydrogen) atoms. The van der Waals surface area contributed by atoms with Crippen molar-refractivity contribution >= 4 is 5.97 Å². The zero-order valence-corrected chi connectivity index (χ0v) is 13.7. The van der Waals surface area contributed by atoms with Crippen LogP contribution in [-0.2, 0) is 9.53 Å². The molecule has 1 aliphatic heterocycles. The lowest BCUT2D eigenvalue weighted by atomic mass is 9.87. The molecule has 2 unspecified atom stereocenters. The number of cyclic esters (lactones) is 1. The Morgan fingerprint density at radius 1 is 0.750 bits per heavy atom. The molecule has 1 aliphatic rings. The van der Waals surface area contributed by atoms with Crippen LogP contribution in [0.1, 0.15) is 90.9 Å². The summed E-state index contributed by atoms with van der Waals surface area (Å²) in [6.45, 7) is 5.47. The van der Waals surface area contributed by atoms with Crippen molar-refractivity contribution in [1.82, 2.24) is 0 Å².